The Morgan fingerprint density at radius 2 is 1.71 bits per heavy atom. The largest absolute Gasteiger partial charge is 0.457 e. The standard InChI is InChI=1S/C17H20O.C2H6.HI/c1-14(2)13-15-9-11-17(12-10-15)18-16-7-5-3-4-6-8-16;1-2;/h3,5-12,14H,4,13H2,1-2H3;1-2H3;1H. The van der Waals surface area contributed by atoms with Crippen LogP contribution in [0.15, 0.2) is 60.4 Å². The minimum absolute atomic E-state index is 0. The number of allylic oxidation sites excluding steroid dienone is 5. The smallest absolute Gasteiger partial charge is 0.127 e. The molecule has 1 aliphatic rings. The van der Waals surface area contributed by atoms with Crippen molar-refractivity contribution in [2.45, 2.75) is 40.5 Å². The first-order valence-electron chi connectivity index (χ1n) is 7.54. The van der Waals surface area contributed by atoms with Crippen LogP contribution in [0.4, 0.5) is 0 Å². The van der Waals surface area contributed by atoms with Crippen molar-refractivity contribution < 1.29 is 4.74 Å². The van der Waals surface area contributed by atoms with Crippen LogP contribution in [0.25, 0.3) is 0 Å². The summed E-state index contributed by atoms with van der Waals surface area (Å²) in [5.74, 6) is 2.48. The lowest BCUT2D eigenvalue weighted by atomic mass is 10.0. The monoisotopic (exact) mass is 398 g/mol. The molecule has 1 nitrogen and oxygen atoms in total. The third-order valence-electron chi connectivity index (χ3n) is 2.75. The Hall–Kier alpha value is -1.03. The zero-order valence-electron chi connectivity index (χ0n) is 13.5. The zero-order valence-corrected chi connectivity index (χ0v) is 15.8. The highest BCUT2D eigenvalue weighted by atomic mass is 127. The van der Waals surface area contributed by atoms with Crippen molar-refractivity contribution in [2.24, 2.45) is 5.92 Å². The number of benzene rings is 1. The molecular weight excluding hydrogens is 371 g/mol. The van der Waals surface area contributed by atoms with E-state index >= 15 is 0 Å². The number of ether oxygens (including phenoxy) is 1. The molecule has 0 radical (unpaired) electrons. The second-order valence-electron chi connectivity index (χ2n) is 4.98. The van der Waals surface area contributed by atoms with Gasteiger partial charge in [0.1, 0.15) is 11.5 Å². The van der Waals surface area contributed by atoms with Gasteiger partial charge in [-0.2, -0.15) is 0 Å². The Labute approximate surface area is 146 Å². The first-order valence-corrected chi connectivity index (χ1v) is 7.54. The fraction of sp³-hybridized carbons (Fsp3) is 0.368. The molecule has 0 bridgehead atoms. The average molecular weight is 398 g/mol. The summed E-state index contributed by atoms with van der Waals surface area (Å²) in [6.07, 6.45) is 12.3. The molecule has 116 valence electrons. The molecule has 0 amide bonds. The van der Waals surface area contributed by atoms with Crippen molar-refractivity contribution in [1.29, 1.82) is 0 Å². The Kier molecular flexibility index (Phi) is 11.0. The lowest BCUT2D eigenvalue weighted by Crippen LogP contribution is -1.95. The van der Waals surface area contributed by atoms with E-state index in [-0.39, 0.29) is 24.0 Å². The van der Waals surface area contributed by atoms with Gasteiger partial charge in [0, 0.05) is 0 Å². The SMILES string of the molecule is CC.CC(C)Cc1ccc(OC2=CC=CCC=C2)cc1.I. The summed E-state index contributed by atoms with van der Waals surface area (Å²) in [7, 11) is 0. The van der Waals surface area contributed by atoms with Crippen LogP contribution >= 0.6 is 24.0 Å². The molecule has 0 N–H and O–H groups in total. The molecule has 0 atom stereocenters. The van der Waals surface area contributed by atoms with E-state index in [4.69, 9.17) is 4.74 Å². The Morgan fingerprint density at radius 1 is 1.05 bits per heavy atom. The molecule has 0 aliphatic heterocycles. The third-order valence-corrected chi connectivity index (χ3v) is 2.75. The topological polar surface area (TPSA) is 9.23 Å². The highest BCUT2D eigenvalue weighted by Gasteiger charge is 2.00. The Morgan fingerprint density at radius 3 is 2.33 bits per heavy atom. The summed E-state index contributed by atoms with van der Waals surface area (Å²) in [5, 5.41) is 0. The van der Waals surface area contributed by atoms with Gasteiger partial charge in [0.05, 0.1) is 0 Å². The lowest BCUT2D eigenvalue weighted by molar-refractivity contribution is 0.444. The van der Waals surface area contributed by atoms with Gasteiger partial charge >= 0.3 is 0 Å². The van der Waals surface area contributed by atoms with E-state index in [0.717, 1.165) is 24.4 Å². The van der Waals surface area contributed by atoms with Gasteiger partial charge < -0.3 is 4.74 Å². The third kappa shape index (κ3) is 8.10. The van der Waals surface area contributed by atoms with Crippen LogP contribution in [0.3, 0.4) is 0 Å². The van der Waals surface area contributed by atoms with Crippen molar-refractivity contribution in [2.75, 3.05) is 0 Å². The molecule has 0 spiro atoms. The van der Waals surface area contributed by atoms with E-state index in [9.17, 15) is 0 Å². The van der Waals surface area contributed by atoms with Gasteiger partial charge in [-0.25, -0.2) is 0 Å². The van der Waals surface area contributed by atoms with Gasteiger partial charge in [-0.15, -0.1) is 24.0 Å². The molecular formula is C19H27IO. The normalized spacial score (nSPS) is 12.7. The molecule has 2 heteroatoms. The minimum Gasteiger partial charge on any atom is -0.457 e. The lowest BCUT2D eigenvalue weighted by Gasteiger charge is -2.08. The van der Waals surface area contributed by atoms with Gasteiger partial charge in [-0.05, 0) is 48.6 Å². The van der Waals surface area contributed by atoms with Gasteiger partial charge in [0.2, 0.25) is 0 Å². The fourth-order valence-electron chi connectivity index (χ4n) is 1.93. The second kappa shape index (κ2) is 11.6. The summed E-state index contributed by atoms with van der Waals surface area (Å²) in [6, 6.07) is 8.38. The van der Waals surface area contributed by atoms with Gasteiger partial charge in [0.25, 0.3) is 0 Å². The summed E-state index contributed by atoms with van der Waals surface area (Å²) in [6.45, 7) is 8.47. The Bertz CT molecular complexity index is 467. The fourth-order valence-corrected chi connectivity index (χ4v) is 1.93. The quantitative estimate of drug-likeness (QED) is 0.540. The Balaban J connectivity index is 0.00000128. The molecule has 21 heavy (non-hydrogen) atoms. The van der Waals surface area contributed by atoms with Gasteiger partial charge in [0.15, 0.2) is 0 Å². The van der Waals surface area contributed by atoms with E-state index < -0.39 is 0 Å². The highest BCUT2D eigenvalue weighted by molar-refractivity contribution is 14.0. The summed E-state index contributed by atoms with van der Waals surface area (Å²) < 4.78 is 5.82. The highest BCUT2D eigenvalue weighted by Crippen LogP contribution is 2.18. The van der Waals surface area contributed by atoms with E-state index in [2.05, 4.69) is 38.1 Å². The molecule has 0 unspecified atom stereocenters. The second-order valence-corrected chi connectivity index (χ2v) is 4.98. The van der Waals surface area contributed by atoms with E-state index in [0.29, 0.717) is 5.92 Å². The van der Waals surface area contributed by atoms with E-state index in [1.54, 1.807) is 0 Å². The molecule has 0 aromatic heterocycles. The number of hydrogen-bond acceptors (Lipinski definition) is 1. The number of rotatable bonds is 4. The molecule has 1 aromatic carbocycles. The molecule has 0 saturated heterocycles. The summed E-state index contributed by atoms with van der Waals surface area (Å²) >= 11 is 0. The number of hydrogen-bond donors (Lipinski definition) is 0. The maximum atomic E-state index is 5.82. The number of halogens is 1. The molecule has 1 aromatic rings. The minimum atomic E-state index is 0. The van der Waals surface area contributed by atoms with Gasteiger partial charge in [-0.1, -0.05) is 58.1 Å². The zero-order chi connectivity index (χ0) is 14.8. The summed E-state index contributed by atoms with van der Waals surface area (Å²) in [4.78, 5) is 0. The predicted octanol–water partition coefficient (Wildman–Crippen LogP) is 6.31. The first kappa shape index (κ1) is 20.0. The van der Waals surface area contributed by atoms with Gasteiger partial charge in [-0.3, -0.25) is 0 Å². The molecule has 0 heterocycles. The van der Waals surface area contributed by atoms with Crippen molar-refractivity contribution in [3.05, 3.63) is 66.0 Å². The van der Waals surface area contributed by atoms with Crippen LogP contribution in [0, 0.1) is 5.92 Å². The predicted molar refractivity (Wildman–Crippen MR) is 103 cm³/mol. The van der Waals surface area contributed by atoms with Crippen LogP contribution in [0.5, 0.6) is 5.75 Å². The average Bonchev–Trinajstić information content (AvgIpc) is 2.71. The van der Waals surface area contributed by atoms with Crippen molar-refractivity contribution in [3.8, 4) is 5.75 Å². The molecule has 2 rings (SSSR count). The molecule has 0 fully saturated rings. The van der Waals surface area contributed by atoms with Crippen molar-refractivity contribution in [3.63, 3.8) is 0 Å². The van der Waals surface area contributed by atoms with Crippen LogP contribution < -0.4 is 4.74 Å². The van der Waals surface area contributed by atoms with Crippen LogP contribution in [-0.4, -0.2) is 0 Å². The van der Waals surface area contributed by atoms with E-state index in [1.165, 1.54) is 5.56 Å². The summed E-state index contributed by atoms with van der Waals surface area (Å²) in [5.41, 5.74) is 1.36. The van der Waals surface area contributed by atoms with Crippen LogP contribution in [0.1, 0.15) is 39.7 Å². The van der Waals surface area contributed by atoms with Crippen molar-refractivity contribution in [1.82, 2.24) is 0 Å². The van der Waals surface area contributed by atoms with Crippen LogP contribution in [0.2, 0.25) is 0 Å². The molecule has 1 aliphatic carbocycles. The maximum Gasteiger partial charge on any atom is 0.127 e. The van der Waals surface area contributed by atoms with E-state index in [1.807, 2.05) is 44.2 Å². The van der Waals surface area contributed by atoms with Crippen LogP contribution in [-0.2, 0) is 6.42 Å². The maximum absolute atomic E-state index is 5.82. The van der Waals surface area contributed by atoms with Crippen molar-refractivity contribution >= 4 is 24.0 Å². The first-order chi connectivity index (χ1) is 9.74. The molecule has 0 saturated carbocycles.